The highest BCUT2D eigenvalue weighted by Gasteiger charge is 2.24. The van der Waals surface area contributed by atoms with Crippen LogP contribution in [0.3, 0.4) is 0 Å². The van der Waals surface area contributed by atoms with Gasteiger partial charge in [0.05, 0.1) is 0 Å². The molecule has 0 spiro atoms. The first kappa shape index (κ1) is 27.3. The lowest BCUT2D eigenvalue weighted by Crippen LogP contribution is -2.48. The van der Waals surface area contributed by atoms with Gasteiger partial charge in [-0.15, -0.1) is 0 Å². The Morgan fingerprint density at radius 2 is 1.59 bits per heavy atom. The molecule has 8 heteroatoms. The van der Waals surface area contributed by atoms with Crippen LogP contribution in [-0.4, -0.2) is 42.8 Å². The minimum atomic E-state index is -0.693. The molecule has 0 bridgehead atoms. The van der Waals surface area contributed by atoms with Gasteiger partial charge in [-0.05, 0) is 57.9 Å². The Kier molecular flexibility index (Phi) is 12.2. The summed E-state index contributed by atoms with van der Waals surface area (Å²) in [6.45, 7) is 10.7. The molecule has 3 N–H and O–H groups in total. The van der Waals surface area contributed by atoms with Gasteiger partial charge in [0, 0.05) is 13.1 Å². The number of ether oxygens (including phenoxy) is 2. The molecular formula is C24H39N3O5. The predicted molar refractivity (Wildman–Crippen MR) is 124 cm³/mol. The van der Waals surface area contributed by atoms with E-state index >= 15 is 0 Å². The van der Waals surface area contributed by atoms with E-state index < -0.39 is 23.8 Å². The molecule has 1 atom stereocenters. The fourth-order valence-corrected chi connectivity index (χ4v) is 2.76. The van der Waals surface area contributed by atoms with Crippen molar-refractivity contribution in [2.24, 2.45) is 5.92 Å². The zero-order valence-electron chi connectivity index (χ0n) is 20.0. The summed E-state index contributed by atoms with van der Waals surface area (Å²) in [6, 6.07) is 8.75. The summed E-state index contributed by atoms with van der Waals surface area (Å²) in [5.74, 6) is 0.243. The number of alkyl carbamates (subject to hydrolysis) is 2. The van der Waals surface area contributed by atoms with Crippen LogP contribution in [0.15, 0.2) is 30.3 Å². The van der Waals surface area contributed by atoms with Crippen LogP contribution in [0.4, 0.5) is 9.59 Å². The van der Waals surface area contributed by atoms with Crippen molar-refractivity contribution in [3.8, 4) is 0 Å². The molecule has 0 saturated heterocycles. The molecule has 1 rings (SSSR count). The predicted octanol–water partition coefficient (Wildman–Crippen LogP) is 4.14. The topological polar surface area (TPSA) is 106 Å². The first-order valence-corrected chi connectivity index (χ1v) is 11.3. The summed E-state index contributed by atoms with van der Waals surface area (Å²) in [5.41, 5.74) is 0.273. The van der Waals surface area contributed by atoms with E-state index in [2.05, 4.69) is 29.8 Å². The quantitative estimate of drug-likeness (QED) is 0.416. The van der Waals surface area contributed by atoms with Crippen LogP contribution in [0.5, 0.6) is 0 Å². The summed E-state index contributed by atoms with van der Waals surface area (Å²) < 4.78 is 10.4. The van der Waals surface area contributed by atoms with E-state index in [0.29, 0.717) is 38.3 Å². The van der Waals surface area contributed by atoms with Gasteiger partial charge in [0.2, 0.25) is 5.91 Å². The average Bonchev–Trinajstić information content (AvgIpc) is 2.70. The van der Waals surface area contributed by atoms with E-state index in [4.69, 9.17) is 9.47 Å². The standard InChI is InChI=1S/C24H39N3O5/c1-18(2)14-16-25-21(28)20(27-23(30)32-24(3,4)5)13-9-10-15-26-22(29)31-17-19-11-7-6-8-12-19/h6-8,11-12,18,20H,9-10,13-17H2,1-5H3,(H,25,28)(H,26,29)(H,27,30)/t20-/m1/s1. The summed E-state index contributed by atoms with van der Waals surface area (Å²) in [5, 5.41) is 8.24. The van der Waals surface area contributed by atoms with E-state index in [1.807, 2.05) is 30.3 Å². The zero-order valence-corrected chi connectivity index (χ0v) is 20.0. The van der Waals surface area contributed by atoms with Gasteiger partial charge in [0.15, 0.2) is 0 Å². The first-order chi connectivity index (χ1) is 15.1. The normalized spacial score (nSPS) is 12.1. The van der Waals surface area contributed by atoms with Gasteiger partial charge < -0.3 is 25.4 Å². The van der Waals surface area contributed by atoms with Crippen LogP contribution < -0.4 is 16.0 Å². The third-order valence-corrected chi connectivity index (χ3v) is 4.43. The summed E-state index contributed by atoms with van der Waals surface area (Å²) in [4.78, 5) is 36.5. The van der Waals surface area contributed by atoms with E-state index in [0.717, 1.165) is 12.0 Å². The number of hydrogen-bond acceptors (Lipinski definition) is 5. The maximum Gasteiger partial charge on any atom is 0.408 e. The largest absolute Gasteiger partial charge is 0.445 e. The molecular weight excluding hydrogens is 410 g/mol. The lowest BCUT2D eigenvalue weighted by Gasteiger charge is -2.23. The molecule has 0 unspecified atom stereocenters. The maximum atomic E-state index is 12.5. The van der Waals surface area contributed by atoms with Crippen LogP contribution in [0, 0.1) is 5.92 Å². The van der Waals surface area contributed by atoms with Crippen LogP contribution in [0.2, 0.25) is 0 Å². The van der Waals surface area contributed by atoms with Crippen molar-refractivity contribution in [1.29, 1.82) is 0 Å². The molecule has 1 aromatic rings. The molecule has 0 aliphatic heterocycles. The lowest BCUT2D eigenvalue weighted by molar-refractivity contribution is -0.123. The van der Waals surface area contributed by atoms with E-state index in [1.54, 1.807) is 20.8 Å². The second-order valence-electron chi connectivity index (χ2n) is 9.16. The third-order valence-electron chi connectivity index (χ3n) is 4.43. The van der Waals surface area contributed by atoms with Crippen LogP contribution in [0.1, 0.15) is 65.9 Å². The van der Waals surface area contributed by atoms with Gasteiger partial charge >= 0.3 is 12.2 Å². The number of hydrogen-bond donors (Lipinski definition) is 3. The van der Waals surface area contributed by atoms with Crippen molar-refractivity contribution in [2.45, 2.75) is 78.6 Å². The van der Waals surface area contributed by atoms with Gasteiger partial charge in [0.25, 0.3) is 0 Å². The highest BCUT2D eigenvalue weighted by Crippen LogP contribution is 2.09. The second kappa shape index (κ2) is 14.3. The molecule has 0 aliphatic carbocycles. The molecule has 3 amide bonds. The summed E-state index contributed by atoms with van der Waals surface area (Å²) in [7, 11) is 0. The van der Waals surface area contributed by atoms with E-state index in [1.165, 1.54) is 0 Å². The fourth-order valence-electron chi connectivity index (χ4n) is 2.76. The first-order valence-electron chi connectivity index (χ1n) is 11.3. The molecule has 8 nitrogen and oxygen atoms in total. The Balaban J connectivity index is 2.39. The highest BCUT2D eigenvalue weighted by atomic mass is 16.6. The fraction of sp³-hybridized carbons (Fsp3) is 0.625. The van der Waals surface area contributed by atoms with Crippen LogP contribution >= 0.6 is 0 Å². The minimum absolute atomic E-state index is 0.213. The van der Waals surface area contributed by atoms with Crippen molar-refractivity contribution < 1.29 is 23.9 Å². The minimum Gasteiger partial charge on any atom is -0.445 e. The highest BCUT2D eigenvalue weighted by molar-refractivity contribution is 5.85. The van der Waals surface area contributed by atoms with Crippen LogP contribution in [0.25, 0.3) is 0 Å². The molecule has 0 fully saturated rings. The SMILES string of the molecule is CC(C)CCNC(=O)[C@@H](CCCCNC(=O)OCc1ccccc1)NC(=O)OC(C)(C)C. The Bertz CT molecular complexity index is 701. The Labute approximate surface area is 191 Å². The third kappa shape index (κ3) is 13.5. The van der Waals surface area contributed by atoms with Crippen molar-refractivity contribution in [3.05, 3.63) is 35.9 Å². The van der Waals surface area contributed by atoms with Crippen LogP contribution in [-0.2, 0) is 20.9 Å². The van der Waals surface area contributed by atoms with Gasteiger partial charge in [-0.2, -0.15) is 0 Å². The van der Waals surface area contributed by atoms with Crippen molar-refractivity contribution >= 4 is 18.1 Å². The number of carbonyl (C=O) groups excluding carboxylic acids is 3. The summed E-state index contributed by atoms with van der Waals surface area (Å²) >= 11 is 0. The molecule has 0 heterocycles. The zero-order chi connectivity index (χ0) is 24.0. The molecule has 180 valence electrons. The van der Waals surface area contributed by atoms with Gasteiger partial charge in [-0.25, -0.2) is 9.59 Å². The Morgan fingerprint density at radius 1 is 0.906 bits per heavy atom. The van der Waals surface area contributed by atoms with Crippen molar-refractivity contribution in [1.82, 2.24) is 16.0 Å². The Morgan fingerprint density at radius 3 is 2.22 bits per heavy atom. The van der Waals surface area contributed by atoms with Gasteiger partial charge in [-0.1, -0.05) is 44.2 Å². The smallest absolute Gasteiger partial charge is 0.408 e. The molecule has 0 radical (unpaired) electrons. The summed E-state index contributed by atoms with van der Waals surface area (Å²) in [6.07, 6.45) is 1.48. The van der Waals surface area contributed by atoms with Gasteiger partial charge in [-0.3, -0.25) is 4.79 Å². The van der Waals surface area contributed by atoms with Gasteiger partial charge in [0.1, 0.15) is 18.2 Å². The Hall–Kier alpha value is -2.77. The average molecular weight is 450 g/mol. The molecule has 0 aliphatic rings. The van der Waals surface area contributed by atoms with Crippen molar-refractivity contribution in [3.63, 3.8) is 0 Å². The van der Waals surface area contributed by atoms with E-state index in [9.17, 15) is 14.4 Å². The molecule has 0 aromatic heterocycles. The van der Waals surface area contributed by atoms with E-state index in [-0.39, 0.29) is 12.5 Å². The molecule has 32 heavy (non-hydrogen) atoms. The molecule has 1 aromatic carbocycles. The monoisotopic (exact) mass is 449 g/mol. The number of benzene rings is 1. The second-order valence-corrected chi connectivity index (χ2v) is 9.16. The maximum absolute atomic E-state index is 12.5. The number of amides is 3. The molecule has 0 saturated carbocycles. The number of nitrogens with one attached hydrogen (secondary N) is 3. The number of unbranched alkanes of at least 4 members (excludes halogenated alkanes) is 1. The lowest BCUT2D eigenvalue weighted by atomic mass is 10.1. The number of carbonyl (C=O) groups is 3. The number of rotatable bonds is 12. The van der Waals surface area contributed by atoms with Crippen molar-refractivity contribution in [2.75, 3.05) is 13.1 Å².